The number of anilines is 1. The van der Waals surface area contributed by atoms with Gasteiger partial charge in [0.1, 0.15) is 5.75 Å². The Hall–Kier alpha value is -1.96. The Balaban J connectivity index is 2.09. The van der Waals surface area contributed by atoms with Crippen LogP contribution in [0.4, 0.5) is 5.69 Å². The molecule has 2 aromatic carbocycles. The topological polar surface area (TPSA) is 21.3 Å². The monoisotopic (exact) mass is 297 g/mol. The van der Waals surface area contributed by atoms with E-state index in [-0.39, 0.29) is 0 Å². The molecule has 22 heavy (non-hydrogen) atoms. The van der Waals surface area contributed by atoms with Gasteiger partial charge in [0, 0.05) is 17.8 Å². The second-order valence-corrected chi connectivity index (χ2v) is 6.41. The lowest BCUT2D eigenvalue weighted by Crippen LogP contribution is -2.08. The highest BCUT2D eigenvalue weighted by molar-refractivity contribution is 5.53. The van der Waals surface area contributed by atoms with Crippen LogP contribution in [0, 0.1) is 5.92 Å². The van der Waals surface area contributed by atoms with Gasteiger partial charge in [-0.25, -0.2) is 0 Å². The van der Waals surface area contributed by atoms with E-state index < -0.39 is 0 Å². The van der Waals surface area contributed by atoms with Crippen LogP contribution in [0.15, 0.2) is 48.5 Å². The standard InChI is InChI=1S/C20H27NO/c1-15(2)14-22-20-12-8-5-9-17(20)13-21-19-11-7-6-10-18(19)16(3)4/h5-12,15-16,21H,13-14H2,1-4H3. The molecule has 118 valence electrons. The molecule has 0 heterocycles. The fourth-order valence-corrected chi connectivity index (χ4v) is 2.40. The van der Waals surface area contributed by atoms with Crippen LogP contribution in [0.25, 0.3) is 0 Å². The molecule has 0 amide bonds. The minimum Gasteiger partial charge on any atom is -0.493 e. The first kappa shape index (κ1) is 16.4. The normalized spacial score (nSPS) is 11.0. The van der Waals surface area contributed by atoms with E-state index in [2.05, 4.69) is 69.4 Å². The first-order chi connectivity index (χ1) is 10.6. The van der Waals surface area contributed by atoms with Crippen LogP contribution in [0.1, 0.15) is 44.7 Å². The van der Waals surface area contributed by atoms with Gasteiger partial charge in [-0.1, -0.05) is 64.1 Å². The summed E-state index contributed by atoms with van der Waals surface area (Å²) in [5, 5.41) is 3.56. The van der Waals surface area contributed by atoms with Crippen molar-refractivity contribution in [3.8, 4) is 5.75 Å². The first-order valence-electron chi connectivity index (χ1n) is 8.11. The predicted octanol–water partition coefficient (Wildman–Crippen LogP) is 5.46. The molecule has 0 spiro atoms. The van der Waals surface area contributed by atoms with Crippen LogP contribution in [0.2, 0.25) is 0 Å². The van der Waals surface area contributed by atoms with E-state index in [9.17, 15) is 0 Å². The third-order valence-electron chi connectivity index (χ3n) is 3.60. The molecule has 0 aliphatic rings. The zero-order chi connectivity index (χ0) is 15.9. The number of para-hydroxylation sites is 2. The van der Waals surface area contributed by atoms with Crippen molar-refractivity contribution in [2.24, 2.45) is 5.92 Å². The Kier molecular flexibility index (Phi) is 5.88. The third kappa shape index (κ3) is 4.52. The number of hydrogen-bond acceptors (Lipinski definition) is 2. The summed E-state index contributed by atoms with van der Waals surface area (Å²) in [6.45, 7) is 10.3. The highest BCUT2D eigenvalue weighted by atomic mass is 16.5. The minimum atomic E-state index is 0.510. The highest BCUT2D eigenvalue weighted by Crippen LogP contribution is 2.26. The zero-order valence-electron chi connectivity index (χ0n) is 14.1. The lowest BCUT2D eigenvalue weighted by Gasteiger charge is -2.17. The van der Waals surface area contributed by atoms with E-state index >= 15 is 0 Å². The van der Waals surface area contributed by atoms with Crippen LogP contribution >= 0.6 is 0 Å². The Labute approximate surface area is 134 Å². The van der Waals surface area contributed by atoms with E-state index in [0.29, 0.717) is 11.8 Å². The van der Waals surface area contributed by atoms with Crippen molar-refractivity contribution in [2.45, 2.75) is 40.2 Å². The van der Waals surface area contributed by atoms with Gasteiger partial charge in [0.25, 0.3) is 0 Å². The summed E-state index contributed by atoms with van der Waals surface area (Å²) in [6.07, 6.45) is 0. The van der Waals surface area contributed by atoms with Crippen LogP contribution in [-0.4, -0.2) is 6.61 Å². The summed E-state index contributed by atoms with van der Waals surface area (Å²) in [7, 11) is 0. The second kappa shape index (κ2) is 7.88. The first-order valence-corrected chi connectivity index (χ1v) is 8.11. The minimum absolute atomic E-state index is 0.510. The molecular formula is C20H27NO. The van der Waals surface area contributed by atoms with Crippen molar-refractivity contribution < 1.29 is 4.74 Å². The van der Waals surface area contributed by atoms with E-state index in [1.54, 1.807) is 0 Å². The van der Waals surface area contributed by atoms with E-state index in [1.165, 1.54) is 16.8 Å². The fraction of sp³-hybridized carbons (Fsp3) is 0.400. The van der Waals surface area contributed by atoms with Gasteiger partial charge in [-0.2, -0.15) is 0 Å². The summed E-state index contributed by atoms with van der Waals surface area (Å²) < 4.78 is 5.92. The smallest absolute Gasteiger partial charge is 0.124 e. The molecule has 0 saturated carbocycles. The maximum absolute atomic E-state index is 5.92. The average Bonchev–Trinajstić information content (AvgIpc) is 2.51. The number of nitrogens with one attached hydrogen (secondary N) is 1. The summed E-state index contributed by atoms with van der Waals surface area (Å²) in [5.74, 6) is 2.02. The lowest BCUT2D eigenvalue weighted by molar-refractivity contribution is 0.269. The predicted molar refractivity (Wildman–Crippen MR) is 94.6 cm³/mol. The van der Waals surface area contributed by atoms with E-state index in [4.69, 9.17) is 4.74 Å². The number of rotatable bonds is 7. The van der Waals surface area contributed by atoms with Gasteiger partial charge in [0.05, 0.1) is 6.61 Å². The van der Waals surface area contributed by atoms with Crippen LogP contribution in [0.3, 0.4) is 0 Å². The molecule has 0 aromatic heterocycles. The molecule has 0 unspecified atom stereocenters. The molecule has 0 saturated heterocycles. The molecular weight excluding hydrogens is 270 g/mol. The third-order valence-corrected chi connectivity index (χ3v) is 3.60. The molecule has 0 aliphatic heterocycles. The average molecular weight is 297 g/mol. The highest BCUT2D eigenvalue weighted by Gasteiger charge is 2.08. The molecule has 2 heteroatoms. The Morgan fingerprint density at radius 2 is 1.59 bits per heavy atom. The molecule has 2 rings (SSSR count). The maximum atomic E-state index is 5.92. The molecule has 2 nitrogen and oxygen atoms in total. The quantitative estimate of drug-likeness (QED) is 0.733. The summed E-state index contributed by atoms with van der Waals surface area (Å²) >= 11 is 0. The van der Waals surface area contributed by atoms with Crippen molar-refractivity contribution in [1.29, 1.82) is 0 Å². The van der Waals surface area contributed by atoms with E-state index in [1.807, 2.05) is 12.1 Å². The Morgan fingerprint density at radius 1 is 0.909 bits per heavy atom. The second-order valence-electron chi connectivity index (χ2n) is 6.41. The van der Waals surface area contributed by atoms with Crippen molar-refractivity contribution in [2.75, 3.05) is 11.9 Å². The fourth-order valence-electron chi connectivity index (χ4n) is 2.40. The van der Waals surface area contributed by atoms with Crippen LogP contribution in [0.5, 0.6) is 5.75 Å². The largest absolute Gasteiger partial charge is 0.493 e. The molecule has 0 radical (unpaired) electrons. The SMILES string of the molecule is CC(C)COc1ccccc1CNc1ccccc1C(C)C. The van der Waals surface area contributed by atoms with Crippen molar-refractivity contribution in [3.05, 3.63) is 59.7 Å². The molecule has 0 atom stereocenters. The van der Waals surface area contributed by atoms with Crippen molar-refractivity contribution >= 4 is 5.69 Å². The summed E-state index contributed by atoms with van der Waals surface area (Å²) in [5.41, 5.74) is 3.75. The molecule has 1 N–H and O–H groups in total. The van der Waals surface area contributed by atoms with Crippen molar-refractivity contribution in [1.82, 2.24) is 0 Å². The molecule has 0 fully saturated rings. The Bertz CT molecular complexity index is 590. The maximum Gasteiger partial charge on any atom is 0.124 e. The number of hydrogen-bond donors (Lipinski definition) is 1. The summed E-state index contributed by atoms with van der Waals surface area (Å²) in [6, 6.07) is 16.8. The van der Waals surface area contributed by atoms with Crippen LogP contribution in [-0.2, 0) is 6.54 Å². The number of benzene rings is 2. The Morgan fingerprint density at radius 3 is 2.32 bits per heavy atom. The van der Waals surface area contributed by atoms with Crippen molar-refractivity contribution in [3.63, 3.8) is 0 Å². The lowest BCUT2D eigenvalue weighted by atomic mass is 10.0. The van der Waals surface area contributed by atoms with Gasteiger partial charge in [0.2, 0.25) is 0 Å². The van der Waals surface area contributed by atoms with Gasteiger partial charge in [-0.05, 0) is 29.5 Å². The van der Waals surface area contributed by atoms with Crippen LogP contribution < -0.4 is 10.1 Å². The van der Waals surface area contributed by atoms with Gasteiger partial charge in [-0.15, -0.1) is 0 Å². The molecule has 0 aliphatic carbocycles. The van der Waals surface area contributed by atoms with Gasteiger partial charge in [-0.3, -0.25) is 0 Å². The van der Waals surface area contributed by atoms with Gasteiger partial charge >= 0.3 is 0 Å². The van der Waals surface area contributed by atoms with E-state index in [0.717, 1.165) is 18.9 Å². The zero-order valence-corrected chi connectivity index (χ0v) is 14.1. The van der Waals surface area contributed by atoms with Gasteiger partial charge in [0.15, 0.2) is 0 Å². The number of ether oxygens (including phenoxy) is 1. The van der Waals surface area contributed by atoms with Gasteiger partial charge < -0.3 is 10.1 Å². The molecule has 2 aromatic rings. The summed E-state index contributed by atoms with van der Waals surface area (Å²) in [4.78, 5) is 0. The molecule has 0 bridgehead atoms.